The Bertz CT molecular complexity index is 188. The zero-order chi connectivity index (χ0) is 6.69. The summed E-state index contributed by atoms with van der Waals surface area (Å²) in [6.07, 6.45) is 0. The van der Waals surface area contributed by atoms with Gasteiger partial charge in [0.1, 0.15) is 0 Å². The first-order valence-electron chi connectivity index (χ1n) is 2.71. The number of hydrogen-bond donors (Lipinski definition) is 1. The molecule has 4 heteroatoms. The van der Waals surface area contributed by atoms with Crippen molar-refractivity contribution in [2.75, 3.05) is 7.05 Å². The third kappa shape index (κ3) is 2.46. The fraction of sp³-hybridized carbons (Fsp3) is 0.333. The minimum absolute atomic E-state index is 0. The summed E-state index contributed by atoms with van der Waals surface area (Å²) in [5, 5.41) is 5.90. The Morgan fingerprint density at radius 1 is 1.70 bits per heavy atom. The number of hydrogen-bond acceptors (Lipinski definition) is 2. The van der Waals surface area contributed by atoms with Crippen molar-refractivity contribution in [2.24, 2.45) is 0 Å². The molecule has 10 heavy (non-hydrogen) atoms. The molecule has 0 fully saturated rings. The predicted molar refractivity (Wildman–Crippen MR) is 49.3 cm³/mol. The van der Waals surface area contributed by atoms with Gasteiger partial charge in [-0.1, -0.05) is 11.6 Å². The Hall–Kier alpha value is 0.240. The van der Waals surface area contributed by atoms with Gasteiger partial charge in [-0.2, -0.15) is 0 Å². The first-order chi connectivity index (χ1) is 4.34. The second-order valence-corrected chi connectivity index (χ2v) is 3.13. The van der Waals surface area contributed by atoms with Gasteiger partial charge in [0.05, 0.1) is 5.02 Å². The molecule has 0 spiro atoms. The summed E-state index contributed by atoms with van der Waals surface area (Å²) in [4.78, 5) is 1.21. The highest BCUT2D eigenvalue weighted by atomic mass is 35.5. The maximum Gasteiger partial charge on any atom is 0.0558 e. The van der Waals surface area contributed by atoms with Gasteiger partial charge >= 0.3 is 0 Å². The number of rotatable bonds is 2. The first kappa shape index (κ1) is 10.2. The molecule has 0 bridgehead atoms. The number of nitrogens with one attached hydrogen (secondary N) is 1. The third-order valence-corrected chi connectivity index (χ3v) is 2.42. The van der Waals surface area contributed by atoms with E-state index < -0.39 is 0 Å². The smallest absolute Gasteiger partial charge is 0.0558 e. The maximum atomic E-state index is 5.79. The summed E-state index contributed by atoms with van der Waals surface area (Å²) in [5.41, 5.74) is 0. The maximum absolute atomic E-state index is 5.79. The molecule has 1 aromatic heterocycles. The highest BCUT2D eigenvalue weighted by molar-refractivity contribution is 7.10. The Balaban J connectivity index is 0.000000810. The van der Waals surface area contributed by atoms with Gasteiger partial charge in [0.2, 0.25) is 0 Å². The molecule has 0 radical (unpaired) electrons. The minimum atomic E-state index is 0. The molecule has 1 nitrogen and oxygen atoms in total. The van der Waals surface area contributed by atoms with E-state index in [1.165, 1.54) is 4.88 Å². The molecular formula is C6H9Cl2NS. The van der Waals surface area contributed by atoms with Crippen LogP contribution in [0.3, 0.4) is 0 Å². The van der Waals surface area contributed by atoms with E-state index >= 15 is 0 Å². The Morgan fingerprint density at radius 3 is 2.80 bits per heavy atom. The highest BCUT2D eigenvalue weighted by Crippen LogP contribution is 2.20. The van der Waals surface area contributed by atoms with Gasteiger partial charge in [0.25, 0.3) is 0 Å². The van der Waals surface area contributed by atoms with Gasteiger partial charge in [0, 0.05) is 11.4 Å². The Morgan fingerprint density at radius 2 is 2.40 bits per heavy atom. The molecule has 0 aliphatic heterocycles. The molecule has 58 valence electrons. The fourth-order valence-corrected chi connectivity index (χ4v) is 1.73. The van der Waals surface area contributed by atoms with E-state index in [2.05, 4.69) is 5.32 Å². The van der Waals surface area contributed by atoms with Crippen molar-refractivity contribution in [2.45, 2.75) is 6.54 Å². The SMILES string of the molecule is CNCc1sccc1Cl.Cl. The molecule has 0 saturated heterocycles. The van der Waals surface area contributed by atoms with Gasteiger partial charge in [-0.3, -0.25) is 0 Å². The van der Waals surface area contributed by atoms with Gasteiger partial charge < -0.3 is 5.32 Å². The molecule has 0 saturated carbocycles. The van der Waals surface area contributed by atoms with Crippen molar-refractivity contribution in [3.63, 3.8) is 0 Å². The summed E-state index contributed by atoms with van der Waals surface area (Å²) in [5.74, 6) is 0. The van der Waals surface area contributed by atoms with Crippen molar-refractivity contribution in [1.29, 1.82) is 0 Å². The standard InChI is InChI=1S/C6H8ClNS.ClH/c1-8-4-6-5(7)2-3-9-6;/h2-3,8H,4H2,1H3;1H. The van der Waals surface area contributed by atoms with Crippen LogP contribution in [0.2, 0.25) is 5.02 Å². The van der Waals surface area contributed by atoms with Crippen LogP contribution in [-0.4, -0.2) is 7.05 Å². The fourth-order valence-electron chi connectivity index (χ4n) is 0.612. The Labute approximate surface area is 75.8 Å². The van der Waals surface area contributed by atoms with Crippen molar-refractivity contribution >= 4 is 35.3 Å². The normalized spacial score (nSPS) is 9.00. The molecule has 0 amide bonds. The van der Waals surface area contributed by atoms with E-state index in [9.17, 15) is 0 Å². The molecule has 1 aromatic rings. The van der Waals surface area contributed by atoms with Crippen molar-refractivity contribution in [3.8, 4) is 0 Å². The van der Waals surface area contributed by atoms with Crippen LogP contribution >= 0.6 is 35.3 Å². The zero-order valence-corrected chi connectivity index (χ0v) is 7.95. The van der Waals surface area contributed by atoms with Gasteiger partial charge in [-0.05, 0) is 18.5 Å². The molecule has 0 aliphatic rings. The average Bonchev–Trinajstić information content (AvgIpc) is 2.18. The second kappa shape index (κ2) is 4.97. The molecule has 1 rings (SSSR count). The van der Waals surface area contributed by atoms with Crippen molar-refractivity contribution in [3.05, 3.63) is 21.3 Å². The van der Waals surface area contributed by atoms with E-state index in [-0.39, 0.29) is 12.4 Å². The summed E-state index contributed by atoms with van der Waals surface area (Å²) < 4.78 is 0. The third-order valence-electron chi connectivity index (χ3n) is 1.03. The molecule has 1 N–H and O–H groups in total. The van der Waals surface area contributed by atoms with Crippen LogP contribution in [0.15, 0.2) is 11.4 Å². The minimum Gasteiger partial charge on any atom is -0.315 e. The van der Waals surface area contributed by atoms with E-state index in [1.54, 1.807) is 11.3 Å². The van der Waals surface area contributed by atoms with Crippen LogP contribution in [0.1, 0.15) is 4.88 Å². The number of halogens is 2. The van der Waals surface area contributed by atoms with E-state index in [1.807, 2.05) is 18.5 Å². The second-order valence-electron chi connectivity index (χ2n) is 1.72. The van der Waals surface area contributed by atoms with Crippen LogP contribution in [0.4, 0.5) is 0 Å². The lowest BCUT2D eigenvalue weighted by Crippen LogP contribution is -2.03. The van der Waals surface area contributed by atoms with Crippen LogP contribution < -0.4 is 5.32 Å². The van der Waals surface area contributed by atoms with Crippen LogP contribution in [-0.2, 0) is 6.54 Å². The lowest BCUT2D eigenvalue weighted by molar-refractivity contribution is 0.831. The molecule has 0 unspecified atom stereocenters. The van der Waals surface area contributed by atoms with Gasteiger partial charge in [-0.25, -0.2) is 0 Å². The van der Waals surface area contributed by atoms with E-state index in [4.69, 9.17) is 11.6 Å². The molecule has 1 heterocycles. The molecule has 0 aliphatic carbocycles. The average molecular weight is 198 g/mol. The van der Waals surface area contributed by atoms with Crippen LogP contribution in [0, 0.1) is 0 Å². The lowest BCUT2D eigenvalue weighted by Gasteiger charge is -1.92. The highest BCUT2D eigenvalue weighted by Gasteiger charge is 1.97. The molecular weight excluding hydrogens is 189 g/mol. The van der Waals surface area contributed by atoms with Gasteiger partial charge in [0.15, 0.2) is 0 Å². The molecule has 0 aromatic carbocycles. The zero-order valence-electron chi connectivity index (χ0n) is 5.56. The molecule has 0 atom stereocenters. The van der Waals surface area contributed by atoms with E-state index in [0.717, 1.165) is 11.6 Å². The Kier molecular flexibility index (Phi) is 5.09. The van der Waals surface area contributed by atoms with E-state index in [0.29, 0.717) is 0 Å². The van der Waals surface area contributed by atoms with Crippen molar-refractivity contribution in [1.82, 2.24) is 5.32 Å². The first-order valence-corrected chi connectivity index (χ1v) is 3.97. The van der Waals surface area contributed by atoms with Gasteiger partial charge in [-0.15, -0.1) is 23.7 Å². The largest absolute Gasteiger partial charge is 0.315 e. The summed E-state index contributed by atoms with van der Waals surface area (Å²) in [7, 11) is 1.91. The summed E-state index contributed by atoms with van der Waals surface area (Å²) in [6.45, 7) is 0.872. The monoisotopic (exact) mass is 197 g/mol. The lowest BCUT2D eigenvalue weighted by atomic mass is 10.5. The predicted octanol–water partition coefficient (Wildman–Crippen LogP) is 2.54. The van der Waals surface area contributed by atoms with Crippen molar-refractivity contribution < 1.29 is 0 Å². The summed E-state index contributed by atoms with van der Waals surface area (Å²) >= 11 is 7.47. The number of thiophene rings is 1. The van der Waals surface area contributed by atoms with Crippen LogP contribution in [0.5, 0.6) is 0 Å². The topological polar surface area (TPSA) is 12.0 Å². The summed E-state index contributed by atoms with van der Waals surface area (Å²) in [6, 6.07) is 1.92. The quantitative estimate of drug-likeness (QED) is 0.769. The van der Waals surface area contributed by atoms with Crippen LogP contribution in [0.25, 0.3) is 0 Å².